The fourth-order valence-electron chi connectivity index (χ4n) is 2.75. The minimum atomic E-state index is 0.659. The molecule has 1 aliphatic rings. The predicted molar refractivity (Wildman–Crippen MR) is 85.7 cm³/mol. The molecule has 3 rings (SSSR count). The van der Waals surface area contributed by atoms with Crippen LogP contribution in [0, 0.1) is 0 Å². The van der Waals surface area contributed by atoms with Gasteiger partial charge < -0.3 is 15.5 Å². The summed E-state index contributed by atoms with van der Waals surface area (Å²) >= 11 is 0. The van der Waals surface area contributed by atoms with Gasteiger partial charge in [0.15, 0.2) is 0 Å². The van der Waals surface area contributed by atoms with Crippen molar-refractivity contribution in [2.75, 3.05) is 42.5 Å². The summed E-state index contributed by atoms with van der Waals surface area (Å²) in [6.07, 6.45) is 4.59. The third-order valence-corrected chi connectivity index (χ3v) is 3.83. The number of nitrogens with two attached hydrogens (primary N) is 1. The zero-order valence-corrected chi connectivity index (χ0v) is 12.2. The first-order valence-corrected chi connectivity index (χ1v) is 7.43. The Bertz CT molecular complexity index is 564. The summed E-state index contributed by atoms with van der Waals surface area (Å²) in [4.78, 5) is 13.7. The molecule has 0 unspecified atom stereocenters. The first-order chi connectivity index (χ1) is 10.4. The normalized spacial score (nSPS) is 15.3. The van der Waals surface area contributed by atoms with Gasteiger partial charge in [0.1, 0.15) is 11.6 Å². The Balaban J connectivity index is 1.69. The van der Waals surface area contributed by atoms with E-state index in [0.717, 1.165) is 44.2 Å². The summed E-state index contributed by atoms with van der Waals surface area (Å²) in [5, 5.41) is 0. The Morgan fingerprint density at radius 2 is 1.67 bits per heavy atom. The Morgan fingerprint density at radius 1 is 0.905 bits per heavy atom. The van der Waals surface area contributed by atoms with Crippen molar-refractivity contribution < 1.29 is 0 Å². The largest absolute Gasteiger partial charge is 0.353 e. The summed E-state index contributed by atoms with van der Waals surface area (Å²) in [5.74, 6) is 2.14. The number of rotatable bonds is 4. The van der Waals surface area contributed by atoms with E-state index in [1.54, 1.807) is 0 Å². The average Bonchev–Trinajstić information content (AvgIpc) is 2.57. The third-order valence-electron chi connectivity index (χ3n) is 3.83. The van der Waals surface area contributed by atoms with Gasteiger partial charge in [-0.2, -0.15) is 0 Å². The second-order valence-electron chi connectivity index (χ2n) is 5.19. The second-order valence-corrected chi connectivity index (χ2v) is 5.19. The van der Waals surface area contributed by atoms with Crippen LogP contribution in [0.25, 0.3) is 0 Å². The molecule has 2 aromatic heterocycles. The van der Waals surface area contributed by atoms with Crippen LogP contribution in [0.3, 0.4) is 0 Å². The molecule has 0 radical (unpaired) electrons. The van der Waals surface area contributed by atoms with E-state index in [-0.39, 0.29) is 0 Å². The van der Waals surface area contributed by atoms with E-state index in [2.05, 4.69) is 31.9 Å². The molecule has 21 heavy (non-hydrogen) atoms. The Hall–Kier alpha value is -2.14. The molecule has 5 heteroatoms. The highest BCUT2D eigenvalue weighted by Crippen LogP contribution is 2.20. The number of piperazine rings is 1. The topological polar surface area (TPSA) is 58.3 Å². The van der Waals surface area contributed by atoms with Gasteiger partial charge in [-0.05, 0) is 36.7 Å². The summed E-state index contributed by atoms with van der Waals surface area (Å²) in [6.45, 7) is 4.52. The standard InChI is InChI=1S/C16H21N5/c17-7-6-14-4-3-9-19-16(14)21-12-10-20(11-13-21)15-5-1-2-8-18-15/h1-5,8-9H,6-7,10-13,17H2. The maximum atomic E-state index is 5.69. The van der Waals surface area contributed by atoms with Crippen LogP contribution in [0.1, 0.15) is 5.56 Å². The van der Waals surface area contributed by atoms with Crippen LogP contribution < -0.4 is 15.5 Å². The first-order valence-electron chi connectivity index (χ1n) is 7.43. The van der Waals surface area contributed by atoms with Crippen LogP contribution in [0.2, 0.25) is 0 Å². The van der Waals surface area contributed by atoms with Gasteiger partial charge in [-0.15, -0.1) is 0 Å². The Labute approximate surface area is 125 Å². The van der Waals surface area contributed by atoms with E-state index < -0.39 is 0 Å². The molecule has 1 aliphatic heterocycles. The fraction of sp³-hybridized carbons (Fsp3) is 0.375. The maximum absolute atomic E-state index is 5.69. The predicted octanol–water partition coefficient (Wildman–Crippen LogP) is 1.30. The summed E-state index contributed by atoms with van der Waals surface area (Å²) in [5.41, 5.74) is 6.94. The lowest BCUT2D eigenvalue weighted by Crippen LogP contribution is -2.47. The van der Waals surface area contributed by atoms with Gasteiger partial charge in [0.05, 0.1) is 0 Å². The van der Waals surface area contributed by atoms with Crippen molar-refractivity contribution in [1.29, 1.82) is 0 Å². The fourth-order valence-corrected chi connectivity index (χ4v) is 2.75. The first kappa shape index (κ1) is 13.8. The molecule has 0 aromatic carbocycles. The molecular weight excluding hydrogens is 262 g/mol. The van der Waals surface area contributed by atoms with Crippen molar-refractivity contribution in [3.05, 3.63) is 48.3 Å². The van der Waals surface area contributed by atoms with Crippen LogP contribution in [0.15, 0.2) is 42.7 Å². The molecule has 0 saturated carbocycles. The number of hydrogen-bond donors (Lipinski definition) is 1. The van der Waals surface area contributed by atoms with Gasteiger partial charge in [0.25, 0.3) is 0 Å². The highest BCUT2D eigenvalue weighted by Gasteiger charge is 2.20. The van der Waals surface area contributed by atoms with Gasteiger partial charge >= 0.3 is 0 Å². The van der Waals surface area contributed by atoms with Crippen molar-refractivity contribution >= 4 is 11.6 Å². The third kappa shape index (κ3) is 3.13. The van der Waals surface area contributed by atoms with Crippen LogP contribution in [-0.4, -0.2) is 42.7 Å². The van der Waals surface area contributed by atoms with Crippen molar-refractivity contribution in [2.45, 2.75) is 6.42 Å². The minimum absolute atomic E-state index is 0.659. The van der Waals surface area contributed by atoms with Gasteiger partial charge in [-0.3, -0.25) is 0 Å². The molecule has 2 aromatic rings. The van der Waals surface area contributed by atoms with E-state index in [1.165, 1.54) is 5.56 Å². The van der Waals surface area contributed by atoms with Crippen LogP contribution in [0.5, 0.6) is 0 Å². The second kappa shape index (κ2) is 6.54. The maximum Gasteiger partial charge on any atom is 0.131 e. The number of hydrogen-bond acceptors (Lipinski definition) is 5. The monoisotopic (exact) mass is 283 g/mol. The lowest BCUT2D eigenvalue weighted by Gasteiger charge is -2.36. The molecule has 0 amide bonds. The molecular formula is C16H21N5. The Morgan fingerprint density at radius 3 is 2.38 bits per heavy atom. The van der Waals surface area contributed by atoms with E-state index in [0.29, 0.717) is 6.54 Å². The van der Waals surface area contributed by atoms with Crippen molar-refractivity contribution in [1.82, 2.24) is 9.97 Å². The zero-order chi connectivity index (χ0) is 14.5. The number of aromatic nitrogens is 2. The molecule has 0 aliphatic carbocycles. The highest BCUT2D eigenvalue weighted by atomic mass is 15.3. The van der Waals surface area contributed by atoms with Crippen molar-refractivity contribution in [3.8, 4) is 0 Å². The number of nitrogens with zero attached hydrogens (tertiary/aromatic N) is 4. The molecule has 1 fully saturated rings. The van der Waals surface area contributed by atoms with Gasteiger partial charge in [-0.1, -0.05) is 12.1 Å². The van der Waals surface area contributed by atoms with Gasteiger partial charge in [-0.25, -0.2) is 9.97 Å². The van der Waals surface area contributed by atoms with E-state index >= 15 is 0 Å². The van der Waals surface area contributed by atoms with E-state index in [9.17, 15) is 0 Å². The lowest BCUT2D eigenvalue weighted by atomic mass is 10.1. The van der Waals surface area contributed by atoms with Gasteiger partial charge in [0, 0.05) is 38.6 Å². The highest BCUT2D eigenvalue weighted by molar-refractivity contribution is 5.49. The molecule has 1 saturated heterocycles. The number of anilines is 2. The van der Waals surface area contributed by atoms with Crippen LogP contribution in [-0.2, 0) is 6.42 Å². The lowest BCUT2D eigenvalue weighted by molar-refractivity contribution is 0.639. The summed E-state index contributed by atoms with van der Waals surface area (Å²) in [6, 6.07) is 10.2. The van der Waals surface area contributed by atoms with Gasteiger partial charge in [0.2, 0.25) is 0 Å². The average molecular weight is 283 g/mol. The smallest absolute Gasteiger partial charge is 0.131 e. The van der Waals surface area contributed by atoms with E-state index in [4.69, 9.17) is 5.73 Å². The summed E-state index contributed by atoms with van der Waals surface area (Å²) < 4.78 is 0. The Kier molecular flexibility index (Phi) is 4.31. The van der Waals surface area contributed by atoms with E-state index in [1.807, 2.05) is 30.6 Å². The molecule has 110 valence electrons. The minimum Gasteiger partial charge on any atom is -0.353 e. The number of pyridine rings is 2. The van der Waals surface area contributed by atoms with Crippen molar-refractivity contribution in [2.24, 2.45) is 5.73 Å². The van der Waals surface area contributed by atoms with Crippen LogP contribution in [0.4, 0.5) is 11.6 Å². The molecule has 2 N–H and O–H groups in total. The molecule has 3 heterocycles. The zero-order valence-electron chi connectivity index (χ0n) is 12.2. The molecule has 5 nitrogen and oxygen atoms in total. The molecule has 0 bridgehead atoms. The van der Waals surface area contributed by atoms with Crippen LogP contribution >= 0.6 is 0 Å². The SMILES string of the molecule is NCCc1cccnc1N1CCN(c2ccccn2)CC1. The molecule has 0 atom stereocenters. The summed E-state index contributed by atoms with van der Waals surface area (Å²) in [7, 11) is 0. The quantitative estimate of drug-likeness (QED) is 0.916. The van der Waals surface area contributed by atoms with Crippen molar-refractivity contribution in [3.63, 3.8) is 0 Å². The molecule has 0 spiro atoms.